The predicted octanol–water partition coefficient (Wildman–Crippen LogP) is 3.62. The molecule has 2 aromatic carbocycles. The van der Waals surface area contributed by atoms with Crippen molar-refractivity contribution in [2.75, 3.05) is 4.90 Å². The summed E-state index contributed by atoms with van der Waals surface area (Å²) >= 11 is 12.9. The van der Waals surface area contributed by atoms with Gasteiger partial charge in [0.05, 0.1) is 27.4 Å². The molecule has 3 rings (SSSR count). The van der Waals surface area contributed by atoms with Gasteiger partial charge in [0.2, 0.25) is 11.8 Å². The summed E-state index contributed by atoms with van der Waals surface area (Å²) in [4.78, 5) is 36.5. The second-order valence-electron chi connectivity index (χ2n) is 5.97. The molecule has 0 aromatic heterocycles. The summed E-state index contributed by atoms with van der Waals surface area (Å²) in [5.74, 6) is -0.951. The Labute approximate surface area is 184 Å². The Bertz CT molecular complexity index is 1090. The number of carbonyl (C=O) groups is 2. The summed E-state index contributed by atoms with van der Waals surface area (Å²) in [6.45, 7) is 0. The lowest BCUT2D eigenvalue weighted by Crippen LogP contribution is -2.32. The van der Waals surface area contributed by atoms with E-state index in [0.717, 1.165) is 16.7 Å². The zero-order valence-electron chi connectivity index (χ0n) is 15.1. The summed E-state index contributed by atoms with van der Waals surface area (Å²) < 4.78 is 0. The molecule has 0 saturated carbocycles. The van der Waals surface area contributed by atoms with Crippen LogP contribution in [0.4, 0.5) is 11.4 Å². The fraction of sp³-hybridized carbons (Fsp3) is 0.111. The smallest absolute Gasteiger partial charge is 0.278 e. The zero-order chi connectivity index (χ0) is 21.8. The number of nitro groups is 1. The van der Waals surface area contributed by atoms with Crippen LogP contribution in [0, 0.1) is 10.1 Å². The Morgan fingerprint density at radius 1 is 1.27 bits per heavy atom. The summed E-state index contributed by atoms with van der Waals surface area (Å²) in [5.41, 5.74) is 6.12. The number of imide groups is 1. The maximum atomic E-state index is 12.7. The average molecular weight is 466 g/mol. The average Bonchev–Trinajstić information content (AvgIpc) is 2.97. The number of nitrogens with zero attached hydrogens (tertiary/aromatic N) is 4. The molecule has 12 heteroatoms. The van der Waals surface area contributed by atoms with E-state index in [-0.39, 0.29) is 33.5 Å². The molecule has 30 heavy (non-hydrogen) atoms. The Hall–Kier alpha value is -2.95. The van der Waals surface area contributed by atoms with E-state index in [9.17, 15) is 19.7 Å². The quantitative estimate of drug-likeness (QED) is 0.235. The Kier molecular flexibility index (Phi) is 6.70. The largest absolute Gasteiger partial charge is 0.377 e. The molecule has 1 aliphatic rings. The molecular weight excluding hydrogens is 453 g/mol. The molecule has 1 fully saturated rings. The van der Waals surface area contributed by atoms with E-state index in [0.29, 0.717) is 5.02 Å². The van der Waals surface area contributed by atoms with Crippen molar-refractivity contribution in [3.8, 4) is 0 Å². The van der Waals surface area contributed by atoms with Gasteiger partial charge in [0.1, 0.15) is 5.25 Å². The molecule has 154 valence electrons. The molecule has 1 unspecified atom stereocenters. The normalized spacial score (nSPS) is 17.2. The van der Waals surface area contributed by atoms with E-state index >= 15 is 0 Å². The molecule has 2 N–H and O–H groups in total. The van der Waals surface area contributed by atoms with Crippen molar-refractivity contribution in [1.29, 1.82) is 0 Å². The molecule has 0 radical (unpaired) electrons. The predicted molar refractivity (Wildman–Crippen MR) is 117 cm³/mol. The molecule has 0 spiro atoms. The third kappa shape index (κ3) is 4.78. The number of halogens is 2. The van der Waals surface area contributed by atoms with Crippen LogP contribution in [0.1, 0.15) is 12.0 Å². The topological polar surface area (TPSA) is 131 Å². The van der Waals surface area contributed by atoms with Crippen LogP contribution in [-0.4, -0.2) is 33.4 Å². The second-order valence-corrected chi connectivity index (χ2v) is 8.04. The highest BCUT2D eigenvalue weighted by Crippen LogP contribution is 2.35. The molecular formula is C18H13Cl2N5O4S. The number of para-hydroxylation sites is 1. The van der Waals surface area contributed by atoms with E-state index in [1.54, 1.807) is 12.1 Å². The minimum Gasteiger partial charge on any atom is -0.377 e. The number of amides is 2. The van der Waals surface area contributed by atoms with Crippen molar-refractivity contribution in [2.24, 2.45) is 15.9 Å². The minimum absolute atomic E-state index is 0.0741. The van der Waals surface area contributed by atoms with Gasteiger partial charge >= 0.3 is 0 Å². The molecule has 0 aliphatic carbocycles. The summed E-state index contributed by atoms with van der Waals surface area (Å²) in [7, 11) is 0. The number of nitro benzene ring substituents is 1. The van der Waals surface area contributed by atoms with E-state index in [2.05, 4.69) is 10.2 Å². The molecule has 1 saturated heterocycles. The lowest BCUT2D eigenvalue weighted by atomic mass is 10.2. The first-order chi connectivity index (χ1) is 14.3. The number of hydrogen-bond acceptors (Lipinski definition) is 7. The van der Waals surface area contributed by atoms with Crippen LogP contribution >= 0.6 is 35.0 Å². The van der Waals surface area contributed by atoms with Crippen molar-refractivity contribution in [3.63, 3.8) is 0 Å². The summed E-state index contributed by atoms with van der Waals surface area (Å²) in [5, 5.41) is 18.1. The van der Waals surface area contributed by atoms with Crippen LogP contribution in [-0.2, 0) is 9.59 Å². The monoisotopic (exact) mass is 465 g/mol. The van der Waals surface area contributed by atoms with Gasteiger partial charge in [-0.05, 0) is 24.3 Å². The van der Waals surface area contributed by atoms with Gasteiger partial charge in [-0.2, -0.15) is 5.10 Å². The van der Waals surface area contributed by atoms with Crippen molar-refractivity contribution in [3.05, 3.63) is 68.2 Å². The van der Waals surface area contributed by atoms with Crippen LogP contribution in [0.5, 0.6) is 0 Å². The Morgan fingerprint density at radius 3 is 2.73 bits per heavy atom. The van der Waals surface area contributed by atoms with Crippen LogP contribution in [0.15, 0.2) is 52.7 Å². The highest BCUT2D eigenvalue weighted by Gasteiger charge is 2.41. The maximum absolute atomic E-state index is 12.7. The van der Waals surface area contributed by atoms with Crippen molar-refractivity contribution >= 4 is 69.5 Å². The molecule has 1 atom stereocenters. The lowest BCUT2D eigenvalue weighted by molar-refractivity contribution is -0.385. The van der Waals surface area contributed by atoms with Crippen LogP contribution in [0.2, 0.25) is 10.0 Å². The third-order valence-corrected chi connectivity index (χ3v) is 5.53. The molecule has 9 nitrogen and oxygen atoms in total. The number of carbonyl (C=O) groups excluding carboxylic acids is 2. The molecule has 1 aliphatic heterocycles. The number of hydrogen-bond donors (Lipinski definition) is 1. The first kappa shape index (κ1) is 21.8. The van der Waals surface area contributed by atoms with Gasteiger partial charge in [0.15, 0.2) is 5.17 Å². The fourth-order valence-corrected chi connectivity index (χ4v) is 3.87. The van der Waals surface area contributed by atoms with Gasteiger partial charge in [0.25, 0.3) is 5.69 Å². The standard InChI is InChI=1S/C18H13Cl2N5O4S/c19-11-5-6-12(20)14(7-11)24-16(26)8-15(17(24)27)30-18(21)23-22-9-10-3-1-2-4-13(10)25(28)29/h1-7,9,15H,8H2,(H2,21,23). The first-order valence-electron chi connectivity index (χ1n) is 8.36. The molecule has 0 bridgehead atoms. The van der Waals surface area contributed by atoms with E-state index in [1.165, 1.54) is 36.5 Å². The molecule has 2 amide bonds. The number of amidine groups is 1. The van der Waals surface area contributed by atoms with Crippen LogP contribution in [0.25, 0.3) is 0 Å². The highest BCUT2D eigenvalue weighted by atomic mass is 35.5. The summed E-state index contributed by atoms with van der Waals surface area (Å²) in [6, 6.07) is 10.5. The third-order valence-electron chi connectivity index (χ3n) is 4.00. The van der Waals surface area contributed by atoms with Gasteiger partial charge in [0, 0.05) is 17.5 Å². The number of nitrogens with two attached hydrogens (primary N) is 1. The molecule has 1 heterocycles. The zero-order valence-corrected chi connectivity index (χ0v) is 17.4. The van der Waals surface area contributed by atoms with E-state index in [1.807, 2.05) is 0 Å². The van der Waals surface area contributed by atoms with Gasteiger partial charge in [-0.25, -0.2) is 4.90 Å². The minimum atomic E-state index is -0.808. The van der Waals surface area contributed by atoms with E-state index in [4.69, 9.17) is 28.9 Å². The summed E-state index contributed by atoms with van der Waals surface area (Å²) in [6.07, 6.45) is 1.08. The van der Waals surface area contributed by atoms with Crippen LogP contribution < -0.4 is 10.6 Å². The van der Waals surface area contributed by atoms with Gasteiger partial charge in [-0.1, -0.05) is 47.1 Å². The lowest BCUT2D eigenvalue weighted by Gasteiger charge is -2.16. The van der Waals surface area contributed by atoms with Crippen molar-refractivity contribution < 1.29 is 14.5 Å². The number of thioether (sulfide) groups is 1. The maximum Gasteiger partial charge on any atom is 0.278 e. The van der Waals surface area contributed by atoms with Crippen LogP contribution in [0.3, 0.4) is 0 Å². The first-order valence-corrected chi connectivity index (χ1v) is 10.00. The van der Waals surface area contributed by atoms with Gasteiger partial charge in [-0.15, -0.1) is 5.10 Å². The Morgan fingerprint density at radius 2 is 2.00 bits per heavy atom. The fourth-order valence-electron chi connectivity index (χ4n) is 2.69. The van der Waals surface area contributed by atoms with Crippen molar-refractivity contribution in [2.45, 2.75) is 11.7 Å². The highest BCUT2D eigenvalue weighted by molar-refractivity contribution is 8.14. The van der Waals surface area contributed by atoms with Gasteiger partial charge in [-0.3, -0.25) is 19.7 Å². The molecule has 2 aromatic rings. The van der Waals surface area contributed by atoms with E-state index < -0.39 is 22.0 Å². The number of anilines is 1. The number of benzene rings is 2. The van der Waals surface area contributed by atoms with Crippen molar-refractivity contribution in [1.82, 2.24) is 0 Å². The Balaban J connectivity index is 1.72. The SMILES string of the molecule is NC(=NN=Cc1ccccc1[N+](=O)[O-])SC1CC(=O)N(c2cc(Cl)ccc2Cl)C1=O. The second kappa shape index (κ2) is 9.24. The number of rotatable bonds is 5. The van der Waals surface area contributed by atoms with Gasteiger partial charge < -0.3 is 5.73 Å².